The van der Waals surface area contributed by atoms with Crippen LogP contribution in [0.4, 0.5) is 0 Å². The van der Waals surface area contributed by atoms with Crippen LogP contribution in [0.3, 0.4) is 0 Å². The summed E-state index contributed by atoms with van der Waals surface area (Å²) in [5.74, 6) is 1.36. The average molecular weight is 337 g/mol. The van der Waals surface area contributed by atoms with E-state index in [-0.39, 0.29) is 5.60 Å². The highest BCUT2D eigenvalue weighted by Gasteiger charge is 2.43. The Balaban J connectivity index is 1.29. The monoisotopic (exact) mass is 337 g/mol. The van der Waals surface area contributed by atoms with Crippen LogP contribution in [0, 0.1) is 6.92 Å². The highest BCUT2D eigenvalue weighted by molar-refractivity contribution is 5.80. The number of hydrogen-bond donors (Lipinski definition) is 0. The molecule has 0 unspecified atom stereocenters. The average Bonchev–Trinajstić information content (AvgIpc) is 3.02. The van der Waals surface area contributed by atoms with E-state index in [2.05, 4.69) is 46.2 Å². The molecule has 1 spiro atoms. The molecule has 0 bridgehead atoms. The van der Waals surface area contributed by atoms with Crippen molar-refractivity contribution >= 4 is 5.90 Å². The molecule has 1 aromatic heterocycles. The van der Waals surface area contributed by atoms with Crippen LogP contribution in [-0.4, -0.2) is 34.5 Å². The summed E-state index contributed by atoms with van der Waals surface area (Å²) in [5, 5.41) is 4.17. The predicted octanol–water partition coefficient (Wildman–Crippen LogP) is 3.54. The van der Waals surface area contributed by atoms with E-state index in [0.29, 0.717) is 11.6 Å². The van der Waals surface area contributed by atoms with Gasteiger partial charge in [-0.2, -0.15) is 0 Å². The maximum Gasteiger partial charge on any atom is 0.235 e. The van der Waals surface area contributed by atoms with Crippen LogP contribution in [0.15, 0.2) is 53.9 Å². The Morgan fingerprint density at radius 1 is 1.16 bits per heavy atom. The number of aromatic nitrogens is 1. The van der Waals surface area contributed by atoms with Crippen LogP contribution >= 0.6 is 0 Å². The fraction of sp³-hybridized carbons (Fsp3) is 0.400. The molecular formula is C20H23N3O2. The Labute approximate surface area is 148 Å². The summed E-state index contributed by atoms with van der Waals surface area (Å²) >= 11 is 0. The summed E-state index contributed by atoms with van der Waals surface area (Å²) in [6.07, 6.45) is 6.10. The van der Waals surface area contributed by atoms with Crippen molar-refractivity contribution in [2.24, 2.45) is 5.16 Å². The summed E-state index contributed by atoms with van der Waals surface area (Å²) in [7, 11) is 0. The van der Waals surface area contributed by atoms with Gasteiger partial charge in [0.2, 0.25) is 5.90 Å². The third-order valence-electron chi connectivity index (χ3n) is 4.98. The van der Waals surface area contributed by atoms with Crippen molar-refractivity contribution in [1.82, 2.24) is 9.88 Å². The highest BCUT2D eigenvalue weighted by atomic mass is 16.7. The van der Waals surface area contributed by atoms with Crippen LogP contribution in [0.25, 0.3) is 0 Å². The maximum atomic E-state index is 5.80. The van der Waals surface area contributed by atoms with Crippen LogP contribution in [-0.2, 0) is 11.4 Å². The van der Waals surface area contributed by atoms with Crippen LogP contribution < -0.4 is 4.74 Å². The third kappa shape index (κ3) is 3.82. The summed E-state index contributed by atoms with van der Waals surface area (Å²) < 4.78 is 5.79. The number of piperidine rings is 1. The van der Waals surface area contributed by atoms with Crippen LogP contribution in [0.1, 0.15) is 30.4 Å². The van der Waals surface area contributed by atoms with Crippen LogP contribution in [0.5, 0.6) is 5.75 Å². The minimum atomic E-state index is -0.193. The van der Waals surface area contributed by atoms with E-state index in [1.54, 1.807) is 12.4 Å². The second-order valence-corrected chi connectivity index (χ2v) is 6.99. The third-order valence-corrected chi connectivity index (χ3v) is 4.98. The normalized spacial score (nSPS) is 19.5. The second-order valence-electron chi connectivity index (χ2n) is 6.99. The standard InChI is InChI=1S/C20H23N3O2/c1-16-4-6-17(7-5-16)15-23-11-8-20(9-12-23)13-19(22-25-20)24-18-3-2-10-21-14-18/h2-7,10,14H,8-9,11-13,15H2,1H3. The van der Waals surface area contributed by atoms with E-state index in [1.165, 1.54) is 11.1 Å². The minimum Gasteiger partial charge on any atom is -0.438 e. The molecule has 1 saturated heterocycles. The van der Waals surface area contributed by atoms with Gasteiger partial charge in [-0.15, -0.1) is 0 Å². The molecule has 2 aliphatic rings. The van der Waals surface area contributed by atoms with Crippen molar-refractivity contribution in [3.05, 3.63) is 59.9 Å². The zero-order chi connectivity index (χ0) is 17.1. The van der Waals surface area contributed by atoms with Crippen molar-refractivity contribution in [1.29, 1.82) is 0 Å². The lowest BCUT2D eigenvalue weighted by Gasteiger charge is -2.37. The Hall–Kier alpha value is -2.40. The Morgan fingerprint density at radius 2 is 1.96 bits per heavy atom. The summed E-state index contributed by atoms with van der Waals surface area (Å²) in [6.45, 7) is 5.15. The first-order chi connectivity index (χ1) is 12.2. The number of hydrogen-bond acceptors (Lipinski definition) is 5. The van der Waals surface area contributed by atoms with Gasteiger partial charge >= 0.3 is 0 Å². The van der Waals surface area contributed by atoms with Gasteiger partial charge in [0, 0.05) is 38.7 Å². The largest absolute Gasteiger partial charge is 0.438 e. The lowest BCUT2D eigenvalue weighted by molar-refractivity contribution is -0.0627. The van der Waals surface area contributed by atoms with Gasteiger partial charge in [-0.1, -0.05) is 35.0 Å². The molecule has 0 atom stereocenters. The number of aryl methyl sites for hydroxylation is 1. The number of likely N-dealkylation sites (tertiary alicyclic amines) is 1. The quantitative estimate of drug-likeness (QED) is 0.859. The lowest BCUT2D eigenvalue weighted by atomic mass is 9.88. The first-order valence-corrected chi connectivity index (χ1v) is 8.82. The molecule has 130 valence electrons. The molecule has 0 aliphatic carbocycles. The molecule has 2 aliphatic heterocycles. The number of ether oxygens (including phenoxy) is 1. The SMILES string of the molecule is Cc1ccc(CN2CCC3(CC2)CC(Oc2cccnc2)=NO3)cc1. The topological polar surface area (TPSA) is 47.0 Å². The van der Waals surface area contributed by atoms with E-state index in [1.807, 2.05) is 12.1 Å². The molecule has 25 heavy (non-hydrogen) atoms. The minimum absolute atomic E-state index is 0.193. The van der Waals surface area contributed by atoms with E-state index in [4.69, 9.17) is 9.57 Å². The van der Waals surface area contributed by atoms with Gasteiger partial charge in [-0.3, -0.25) is 9.88 Å². The van der Waals surface area contributed by atoms with Crippen molar-refractivity contribution in [2.45, 2.75) is 38.3 Å². The molecule has 5 nitrogen and oxygen atoms in total. The van der Waals surface area contributed by atoms with Crippen LogP contribution in [0.2, 0.25) is 0 Å². The van der Waals surface area contributed by atoms with Gasteiger partial charge < -0.3 is 9.57 Å². The molecule has 5 heteroatoms. The molecule has 4 rings (SSSR count). The number of rotatable bonds is 3. The van der Waals surface area contributed by atoms with Gasteiger partial charge in [-0.25, -0.2) is 0 Å². The number of pyridine rings is 1. The molecule has 1 aromatic carbocycles. The Kier molecular flexibility index (Phi) is 4.40. The second kappa shape index (κ2) is 6.84. The number of nitrogens with zero attached hydrogens (tertiary/aromatic N) is 3. The van der Waals surface area contributed by atoms with Crippen molar-refractivity contribution in [3.8, 4) is 5.75 Å². The molecule has 0 saturated carbocycles. The van der Waals surface area contributed by atoms with Gasteiger partial charge in [-0.05, 0) is 24.6 Å². The van der Waals surface area contributed by atoms with E-state index in [9.17, 15) is 0 Å². The fourth-order valence-corrected chi connectivity index (χ4v) is 3.42. The first-order valence-electron chi connectivity index (χ1n) is 8.82. The summed E-state index contributed by atoms with van der Waals surface area (Å²) in [4.78, 5) is 12.3. The molecule has 1 fully saturated rings. The lowest BCUT2D eigenvalue weighted by Crippen LogP contribution is -2.44. The van der Waals surface area contributed by atoms with Gasteiger partial charge in [0.05, 0.1) is 12.6 Å². The smallest absolute Gasteiger partial charge is 0.235 e. The molecular weight excluding hydrogens is 314 g/mol. The van der Waals surface area contributed by atoms with Gasteiger partial charge in [0.1, 0.15) is 11.4 Å². The van der Waals surface area contributed by atoms with E-state index in [0.717, 1.165) is 38.9 Å². The molecule has 0 N–H and O–H groups in total. The maximum absolute atomic E-state index is 5.80. The van der Waals surface area contributed by atoms with Crippen molar-refractivity contribution < 1.29 is 9.57 Å². The first kappa shape index (κ1) is 16.1. The predicted molar refractivity (Wildman–Crippen MR) is 96.4 cm³/mol. The summed E-state index contributed by atoms with van der Waals surface area (Å²) in [5.41, 5.74) is 2.48. The Morgan fingerprint density at radius 3 is 2.68 bits per heavy atom. The van der Waals surface area contributed by atoms with Gasteiger partial charge in [0.25, 0.3) is 0 Å². The highest BCUT2D eigenvalue weighted by Crippen LogP contribution is 2.35. The zero-order valence-electron chi connectivity index (χ0n) is 14.5. The fourth-order valence-electron chi connectivity index (χ4n) is 3.42. The van der Waals surface area contributed by atoms with E-state index >= 15 is 0 Å². The summed E-state index contributed by atoms with van der Waals surface area (Å²) in [6, 6.07) is 12.5. The molecule has 2 aromatic rings. The number of benzene rings is 1. The van der Waals surface area contributed by atoms with Gasteiger partial charge in [0.15, 0.2) is 0 Å². The van der Waals surface area contributed by atoms with E-state index < -0.39 is 0 Å². The Bertz CT molecular complexity index is 735. The number of oxime groups is 1. The zero-order valence-corrected chi connectivity index (χ0v) is 14.5. The van der Waals surface area contributed by atoms with Crippen molar-refractivity contribution in [3.63, 3.8) is 0 Å². The molecule has 3 heterocycles. The van der Waals surface area contributed by atoms with Crippen molar-refractivity contribution in [2.75, 3.05) is 13.1 Å². The molecule has 0 radical (unpaired) electrons. The molecule has 0 amide bonds.